The van der Waals surface area contributed by atoms with Crippen molar-refractivity contribution in [2.24, 2.45) is 5.41 Å². The van der Waals surface area contributed by atoms with Crippen LogP contribution in [0.4, 0.5) is 5.69 Å². The number of pyridine rings is 1. The maximum absolute atomic E-state index is 12.6. The number of methoxy groups -OCH3 is 1. The second-order valence-corrected chi connectivity index (χ2v) is 9.75. The van der Waals surface area contributed by atoms with Crippen LogP contribution in [0.15, 0.2) is 29.2 Å². The Kier molecular flexibility index (Phi) is 6.03. The van der Waals surface area contributed by atoms with Gasteiger partial charge in [0.1, 0.15) is 11.3 Å². The minimum Gasteiger partial charge on any atom is -0.491 e. The fraction of sp³-hybridized carbons (Fsp3) is 0.520. The topological polar surface area (TPSA) is 81.0 Å². The number of carboxylic acid groups (broad SMARTS) is 1. The van der Waals surface area contributed by atoms with Crippen molar-refractivity contribution in [3.63, 3.8) is 0 Å². The summed E-state index contributed by atoms with van der Waals surface area (Å²) in [4.78, 5) is 26.5. The van der Waals surface area contributed by atoms with Gasteiger partial charge in [0.25, 0.3) is 0 Å². The van der Waals surface area contributed by atoms with Gasteiger partial charge in [-0.25, -0.2) is 4.79 Å². The van der Waals surface area contributed by atoms with Crippen molar-refractivity contribution in [2.75, 3.05) is 38.3 Å². The Morgan fingerprint density at radius 3 is 2.53 bits per heavy atom. The van der Waals surface area contributed by atoms with Crippen LogP contribution < -0.4 is 15.1 Å². The zero-order chi connectivity index (χ0) is 23.0. The minimum atomic E-state index is -1.19. The molecule has 1 unspecified atom stereocenters. The summed E-state index contributed by atoms with van der Waals surface area (Å²) in [5.41, 5.74) is 3.12. The first-order valence-corrected chi connectivity index (χ1v) is 11.2. The van der Waals surface area contributed by atoms with E-state index in [1.807, 2.05) is 4.57 Å². The normalized spacial score (nSPS) is 17.4. The second kappa shape index (κ2) is 8.62. The number of rotatable bonds is 7. The Bertz CT molecular complexity index is 1080. The van der Waals surface area contributed by atoms with E-state index in [9.17, 15) is 14.7 Å². The molecule has 3 heterocycles. The van der Waals surface area contributed by atoms with Gasteiger partial charge in [-0.3, -0.25) is 4.79 Å². The third kappa shape index (κ3) is 4.13. The Labute approximate surface area is 188 Å². The van der Waals surface area contributed by atoms with Crippen LogP contribution in [-0.4, -0.2) is 49.1 Å². The molecule has 2 aliphatic rings. The summed E-state index contributed by atoms with van der Waals surface area (Å²) in [6, 6.07) is 5.73. The maximum Gasteiger partial charge on any atom is 0.341 e. The van der Waals surface area contributed by atoms with Crippen molar-refractivity contribution in [2.45, 2.75) is 46.1 Å². The lowest BCUT2D eigenvalue weighted by Gasteiger charge is -2.40. The first kappa shape index (κ1) is 22.4. The third-order valence-electron chi connectivity index (χ3n) is 6.47. The molecule has 1 aromatic carbocycles. The van der Waals surface area contributed by atoms with Gasteiger partial charge in [0.2, 0.25) is 0 Å². The van der Waals surface area contributed by atoms with Crippen LogP contribution in [0.2, 0.25) is 0 Å². The van der Waals surface area contributed by atoms with E-state index in [-0.39, 0.29) is 17.0 Å². The van der Waals surface area contributed by atoms with Crippen molar-refractivity contribution >= 4 is 11.7 Å². The molecule has 1 saturated heterocycles. The second-order valence-electron chi connectivity index (χ2n) is 9.75. The highest BCUT2D eigenvalue weighted by molar-refractivity contribution is 5.88. The Morgan fingerprint density at radius 1 is 1.19 bits per heavy atom. The van der Waals surface area contributed by atoms with Gasteiger partial charge in [0.15, 0.2) is 5.43 Å². The largest absolute Gasteiger partial charge is 0.491 e. The average Bonchev–Trinajstić information content (AvgIpc) is 2.68. The number of nitrogens with zero attached hydrogens (tertiary/aromatic N) is 2. The van der Waals surface area contributed by atoms with Crippen LogP contribution in [0.3, 0.4) is 0 Å². The maximum atomic E-state index is 12.6. The average molecular weight is 441 g/mol. The molecule has 0 amide bonds. The fourth-order valence-electron chi connectivity index (χ4n) is 4.54. The van der Waals surface area contributed by atoms with E-state index in [1.165, 1.54) is 12.3 Å². The number of hydrogen-bond donors (Lipinski definition) is 1. The molecule has 0 aliphatic carbocycles. The Hall–Kier alpha value is -2.80. The van der Waals surface area contributed by atoms with Crippen molar-refractivity contribution in [1.29, 1.82) is 0 Å². The van der Waals surface area contributed by atoms with Crippen LogP contribution in [0.25, 0.3) is 11.3 Å². The first-order chi connectivity index (χ1) is 15.2. The van der Waals surface area contributed by atoms with Crippen LogP contribution in [0, 0.1) is 5.41 Å². The molecular formula is C25H32N2O5. The molecule has 32 heavy (non-hydrogen) atoms. The molecule has 1 fully saturated rings. The van der Waals surface area contributed by atoms with Crippen molar-refractivity contribution in [3.05, 3.63) is 45.7 Å². The fourth-order valence-corrected chi connectivity index (χ4v) is 4.54. The van der Waals surface area contributed by atoms with Gasteiger partial charge in [0, 0.05) is 57.1 Å². The van der Waals surface area contributed by atoms with Crippen LogP contribution in [-0.2, 0) is 11.2 Å². The van der Waals surface area contributed by atoms with E-state index in [4.69, 9.17) is 9.47 Å². The molecule has 1 aromatic heterocycles. The van der Waals surface area contributed by atoms with Gasteiger partial charge >= 0.3 is 5.97 Å². The molecule has 7 nitrogen and oxygen atoms in total. The predicted octanol–water partition coefficient (Wildman–Crippen LogP) is 3.98. The van der Waals surface area contributed by atoms with Crippen molar-refractivity contribution in [3.8, 4) is 17.0 Å². The number of benzene rings is 1. The number of hydrogen-bond acceptors (Lipinski definition) is 5. The van der Waals surface area contributed by atoms with Gasteiger partial charge in [0.05, 0.1) is 18.0 Å². The van der Waals surface area contributed by atoms with Crippen LogP contribution in [0.5, 0.6) is 5.75 Å². The van der Waals surface area contributed by atoms with Crippen LogP contribution >= 0.6 is 0 Å². The van der Waals surface area contributed by atoms with E-state index < -0.39 is 11.4 Å². The standard InChI is InChI=1S/C25H32N2O5/c1-25(2,3)23-12-16-11-22(32-10-6-9-31-4)20(26-7-5-8-26)13-17(16)19-14-21(28)18(24(29)30)15-27(19)23/h11,13-15,23H,5-10,12H2,1-4H3,(H,29,30). The monoisotopic (exact) mass is 440 g/mol. The summed E-state index contributed by atoms with van der Waals surface area (Å²) in [5, 5.41) is 9.52. The summed E-state index contributed by atoms with van der Waals surface area (Å²) in [5.74, 6) is -0.324. The number of aromatic nitrogens is 1. The zero-order valence-electron chi connectivity index (χ0n) is 19.3. The molecule has 0 radical (unpaired) electrons. The van der Waals surface area contributed by atoms with Crippen molar-refractivity contribution < 1.29 is 19.4 Å². The molecule has 2 aromatic rings. The number of carboxylic acids is 1. The van der Waals surface area contributed by atoms with Crippen molar-refractivity contribution in [1.82, 2.24) is 4.57 Å². The lowest BCUT2D eigenvalue weighted by molar-refractivity contribution is 0.0693. The molecular weight excluding hydrogens is 408 g/mol. The molecule has 7 heteroatoms. The number of anilines is 1. The van der Waals surface area contributed by atoms with Gasteiger partial charge in [-0.05, 0) is 36.0 Å². The summed E-state index contributed by atoms with van der Waals surface area (Å²) in [7, 11) is 1.69. The SMILES string of the molecule is COCCCOc1cc2c(cc1N1CCC1)-c1cc(=O)c(C(=O)O)cn1C(C(C)(C)C)C2. The minimum absolute atomic E-state index is 0.0138. The molecule has 0 saturated carbocycles. The smallest absolute Gasteiger partial charge is 0.341 e. The van der Waals surface area contributed by atoms with Gasteiger partial charge in [-0.15, -0.1) is 0 Å². The highest BCUT2D eigenvalue weighted by Crippen LogP contribution is 2.46. The summed E-state index contributed by atoms with van der Waals surface area (Å²) >= 11 is 0. The lowest BCUT2D eigenvalue weighted by atomic mass is 9.78. The van der Waals surface area contributed by atoms with Gasteiger partial charge in [-0.2, -0.15) is 0 Å². The Balaban J connectivity index is 1.85. The van der Waals surface area contributed by atoms with Crippen LogP contribution in [0.1, 0.15) is 55.6 Å². The number of aromatic carboxylic acids is 1. The summed E-state index contributed by atoms with van der Waals surface area (Å²) < 4.78 is 13.3. The number of ether oxygens (including phenoxy) is 2. The van der Waals surface area contributed by atoms with E-state index in [0.717, 1.165) is 60.6 Å². The van der Waals surface area contributed by atoms with Gasteiger partial charge in [-0.1, -0.05) is 20.8 Å². The van der Waals surface area contributed by atoms with E-state index in [1.54, 1.807) is 7.11 Å². The molecule has 4 rings (SSSR count). The highest BCUT2D eigenvalue weighted by Gasteiger charge is 2.34. The molecule has 2 aliphatic heterocycles. The summed E-state index contributed by atoms with van der Waals surface area (Å²) in [6.07, 6.45) is 4.22. The van der Waals surface area contributed by atoms with E-state index >= 15 is 0 Å². The molecule has 172 valence electrons. The molecule has 0 bridgehead atoms. The van der Waals surface area contributed by atoms with Gasteiger partial charge < -0.3 is 24.0 Å². The Morgan fingerprint density at radius 2 is 1.94 bits per heavy atom. The number of fused-ring (bicyclic) bond motifs is 3. The lowest BCUT2D eigenvalue weighted by Crippen LogP contribution is -2.37. The zero-order valence-corrected chi connectivity index (χ0v) is 19.3. The molecule has 0 spiro atoms. The quantitative estimate of drug-likeness (QED) is 0.656. The summed E-state index contributed by atoms with van der Waals surface area (Å²) in [6.45, 7) is 9.60. The first-order valence-electron chi connectivity index (χ1n) is 11.2. The van der Waals surface area contributed by atoms with E-state index in [2.05, 4.69) is 37.8 Å². The number of carbonyl (C=O) groups is 1. The third-order valence-corrected chi connectivity index (χ3v) is 6.47. The molecule has 1 N–H and O–H groups in total. The molecule has 1 atom stereocenters. The highest BCUT2D eigenvalue weighted by atomic mass is 16.5. The predicted molar refractivity (Wildman–Crippen MR) is 124 cm³/mol. The van der Waals surface area contributed by atoms with E-state index in [0.29, 0.717) is 13.2 Å².